The summed E-state index contributed by atoms with van der Waals surface area (Å²) in [5.74, 6) is -0.313. The molecule has 1 aromatic carbocycles. The SMILES string of the molecule is C=CCN1CC[C@H](N(C)C(=O)c2ccc(CNC(C)=O)cc2)C1=O. The molecule has 6 nitrogen and oxygen atoms in total. The highest BCUT2D eigenvalue weighted by atomic mass is 16.2. The molecule has 1 aliphatic heterocycles. The zero-order valence-electron chi connectivity index (χ0n) is 14.1. The zero-order valence-corrected chi connectivity index (χ0v) is 14.1. The maximum absolute atomic E-state index is 12.6. The standard InChI is InChI=1S/C18H23N3O3/c1-4-10-21-11-9-16(18(21)24)20(3)17(23)15-7-5-14(6-8-15)12-19-13(2)22/h4-8,16H,1,9-12H2,2-3H3,(H,19,22)/t16-/m0/s1. The molecule has 128 valence electrons. The Kier molecular flexibility index (Phi) is 5.73. The van der Waals surface area contributed by atoms with Crippen molar-refractivity contribution in [3.8, 4) is 0 Å². The van der Waals surface area contributed by atoms with Gasteiger partial charge in [-0.05, 0) is 24.1 Å². The number of likely N-dealkylation sites (tertiary alicyclic amines) is 1. The van der Waals surface area contributed by atoms with E-state index in [9.17, 15) is 14.4 Å². The molecule has 1 aliphatic rings. The van der Waals surface area contributed by atoms with Crippen molar-refractivity contribution in [2.45, 2.75) is 25.9 Å². The van der Waals surface area contributed by atoms with Crippen molar-refractivity contribution in [3.63, 3.8) is 0 Å². The fourth-order valence-corrected chi connectivity index (χ4v) is 2.76. The van der Waals surface area contributed by atoms with Crippen LogP contribution in [0.25, 0.3) is 0 Å². The summed E-state index contributed by atoms with van der Waals surface area (Å²) in [5.41, 5.74) is 1.44. The fraction of sp³-hybridized carbons (Fsp3) is 0.389. The Bertz CT molecular complexity index is 639. The van der Waals surface area contributed by atoms with E-state index in [1.165, 1.54) is 11.8 Å². The molecule has 1 N–H and O–H groups in total. The number of amides is 3. The first kappa shape index (κ1) is 17.7. The molecule has 0 aromatic heterocycles. The number of benzene rings is 1. The van der Waals surface area contributed by atoms with E-state index in [0.717, 1.165) is 5.56 Å². The molecule has 1 fully saturated rings. The van der Waals surface area contributed by atoms with E-state index in [-0.39, 0.29) is 17.7 Å². The lowest BCUT2D eigenvalue weighted by molar-refractivity contribution is -0.130. The lowest BCUT2D eigenvalue weighted by Crippen LogP contribution is -2.42. The minimum absolute atomic E-state index is 0.0342. The van der Waals surface area contributed by atoms with Crippen LogP contribution in [0.2, 0.25) is 0 Å². The number of hydrogen-bond acceptors (Lipinski definition) is 3. The smallest absolute Gasteiger partial charge is 0.254 e. The van der Waals surface area contributed by atoms with E-state index in [1.54, 1.807) is 42.3 Å². The molecule has 2 rings (SSSR count). The van der Waals surface area contributed by atoms with Gasteiger partial charge in [0, 0.05) is 39.2 Å². The average molecular weight is 329 g/mol. The average Bonchev–Trinajstić information content (AvgIpc) is 2.93. The van der Waals surface area contributed by atoms with Gasteiger partial charge in [0.2, 0.25) is 11.8 Å². The largest absolute Gasteiger partial charge is 0.352 e. The predicted octanol–water partition coefficient (Wildman–Crippen LogP) is 1.18. The Morgan fingerprint density at radius 2 is 2.04 bits per heavy atom. The molecule has 0 aliphatic carbocycles. The van der Waals surface area contributed by atoms with Gasteiger partial charge in [0.15, 0.2) is 0 Å². The Hall–Kier alpha value is -2.63. The van der Waals surface area contributed by atoms with Crippen LogP contribution in [0, 0.1) is 0 Å². The van der Waals surface area contributed by atoms with E-state index < -0.39 is 6.04 Å². The topological polar surface area (TPSA) is 69.7 Å². The van der Waals surface area contributed by atoms with Crippen LogP contribution in [-0.2, 0) is 16.1 Å². The molecule has 0 unspecified atom stereocenters. The van der Waals surface area contributed by atoms with Crippen LogP contribution in [0.1, 0.15) is 29.3 Å². The van der Waals surface area contributed by atoms with E-state index in [2.05, 4.69) is 11.9 Å². The molecule has 24 heavy (non-hydrogen) atoms. The van der Waals surface area contributed by atoms with Gasteiger partial charge in [0.05, 0.1) is 0 Å². The van der Waals surface area contributed by atoms with Crippen molar-refractivity contribution in [3.05, 3.63) is 48.0 Å². The highest BCUT2D eigenvalue weighted by Gasteiger charge is 2.35. The van der Waals surface area contributed by atoms with Crippen LogP contribution in [0.3, 0.4) is 0 Å². The molecule has 0 bridgehead atoms. The first-order valence-electron chi connectivity index (χ1n) is 7.94. The maximum Gasteiger partial charge on any atom is 0.254 e. The van der Waals surface area contributed by atoms with E-state index in [1.807, 2.05) is 0 Å². The molecular weight excluding hydrogens is 306 g/mol. The lowest BCUT2D eigenvalue weighted by Gasteiger charge is -2.24. The van der Waals surface area contributed by atoms with Crippen LogP contribution >= 0.6 is 0 Å². The van der Waals surface area contributed by atoms with Gasteiger partial charge in [-0.25, -0.2) is 0 Å². The van der Waals surface area contributed by atoms with Gasteiger partial charge in [-0.1, -0.05) is 18.2 Å². The Morgan fingerprint density at radius 3 is 2.62 bits per heavy atom. The van der Waals surface area contributed by atoms with Gasteiger partial charge in [-0.15, -0.1) is 6.58 Å². The van der Waals surface area contributed by atoms with Gasteiger partial charge in [-0.3, -0.25) is 14.4 Å². The minimum atomic E-state index is -0.420. The third-order valence-corrected chi connectivity index (χ3v) is 4.15. The van der Waals surface area contributed by atoms with Gasteiger partial charge in [0.25, 0.3) is 5.91 Å². The highest BCUT2D eigenvalue weighted by Crippen LogP contribution is 2.18. The molecular formula is C18H23N3O3. The quantitative estimate of drug-likeness (QED) is 0.797. The van der Waals surface area contributed by atoms with Gasteiger partial charge >= 0.3 is 0 Å². The second kappa shape index (κ2) is 7.77. The second-order valence-electron chi connectivity index (χ2n) is 5.90. The molecule has 1 atom stereocenters. The lowest BCUT2D eigenvalue weighted by atomic mass is 10.1. The van der Waals surface area contributed by atoms with Crippen molar-refractivity contribution in [1.82, 2.24) is 15.1 Å². The first-order valence-corrected chi connectivity index (χ1v) is 7.94. The van der Waals surface area contributed by atoms with E-state index in [4.69, 9.17) is 0 Å². The zero-order chi connectivity index (χ0) is 17.7. The van der Waals surface area contributed by atoms with Crippen LogP contribution < -0.4 is 5.32 Å². The summed E-state index contributed by atoms with van der Waals surface area (Å²) < 4.78 is 0. The summed E-state index contributed by atoms with van der Waals surface area (Å²) in [7, 11) is 1.66. The number of carbonyl (C=O) groups is 3. The molecule has 0 radical (unpaired) electrons. The summed E-state index contributed by atoms with van der Waals surface area (Å²) in [6.07, 6.45) is 2.32. The van der Waals surface area contributed by atoms with Gasteiger partial charge < -0.3 is 15.1 Å². The molecule has 1 aromatic rings. The summed E-state index contributed by atoms with van der Waals surface area (Å²) in [4.78, 5) is 39.0. The van der Waals surface area contributed by atoms with Crippen molar-refractivity contribution in [2.24, 2.45) is 0 Å². The van der Waals surface area contributed by atoms with Crippen molar-refractivity contribution in [2.75, 3.05) is 20.1 Å². The molecule has 3 amide bonds. The second-order valence-corrected chi connectivity index (χ2v) is 5.90. The normalized spacial score (nSPS) is 16.8. The van der Waals surface area contributed by atoms with Crippen molar-refractivity contribution >= 4 is 17.7 Å². The number of hydrogen-bond donors (Lipinski definition) is 1. The summed E-state index contributed by atoms with van der Waals surface area (Å²) >= 11 is 0. The number of likely N-dealkylation sites (N-methyl/N-ethyl adjacent to an activating group) is 1. The van der Waals surface area contributed by atoms with E-state index >= 15 is 0 Å². The van der Waals surface area contributed by atoms with Gasteiger partial charge in [-0.2, -0.15) is 0 Å². The Morgan fingerprint density at radius 1 is 1.38 bits per heavy atom. The predicted molar refractivity (Wildman–Crippen MR) is 91.2 cm³/mol. The Labute approximate surface area is 142 Å². The van der Waals surface area contributed by atoms with Crippen LogP contribution in [-0.4, -0.2) is 53.7 Å². The Balaban J connectivity index is 2.01. The highest BCUT2D eigenvalue weighted by molar-refractivity contribution is 5.98. The molecule has 1 heterocycles. The maximum atomic E-state index is 12.6. The molecule has 0 saturated carbocycles. The summed E-state index contributed by atoms with van der Waals surface area (Å²) in [6, 6.07) is 6.62. The van der Waals surface area contributed by atoms with Crippen LogP contribution in [0.4, 0.5) is 0 Å². The van der Waals surface area contributed by atoms with Crippen molar-refractivity contribution in [1.29, 1.82) is 0 Å². The number of nitrogens with one attached hydrogen (secondary N) is 1. The monoisotopic (exact) mass is 329 g/mol. The summed E-state index contributed by atoms with van der Waals surface area (Å²) in [6.45, 7) is 6.68. The third kappa shape index (κ3) is 4.01. The minimum Gasteiger partial charge on any atom is -0.352 e. The van der Waals surface area contributed by atoms with E-state index in [0.29, 0.717) is 31.6 Å². The molecule has 1 saturated heterocycles. The number of nitrogens with zero attached hydrogens (tertiary/aromatic N) is 2. The first-order chi connectivity index (χ1) is 11.4. The fourth-order valence-electron chi connectivity index (χ4n) is 2.76. The van der Waals surface area contributed by atoms with Crippen molar-refractivity contribution < 1.29 is 14.4 Å². The van der Waals surface area contributed by atoms with Crippen LogP contribution in [0.15, 0.2) is 36.9 Å². The third-order valence-electron chi connectivity index (χ3n) is 4.15. The number of carbonyl (C=O) groups excluding carboxylic acids is 3. The summed E-state index contributed by atoms with van der Waals surface area (Å²) in [5, 5.41) is 2.71. The molecule has 6 heteroatoms. The van der Waals surface area contributed by atoms with Gasteiger partial charge in [0.1, 0.15) is 6.04 Å². The molecule has 0 spiro atoms. The number of rotatable bonds is 6. The van der Waals surface area contributed by atoms with Crippen LogP contribution in [0.5, 0.6) is 0 Å².